The van der Waals surface area contributed by atoms with E-state index in [9.17, 15) is 0 Å². The van der Waals surface area contributed by atoms with Crippen LogP contribution in [0.15, 0.2) is 12.3 Å². The molecule has 3 N–H and O–H groups in total. The van der Waals surface area contributed by atoms with E-state index in [1.54, 1.807) is 10.7 Å². The van der Waals surface area contributed by atoms with E-state index in [1.165, 1.54) is 0 Å². The predicted octanol–water partition coefficient (Wildman–Crippen LogP) is 1.46. The van der Waals surface area contributed by atoms with Gasteiger partial charge >= 0.3 is 0 Å². The molecule has 7 heteroatoms. The van der Waals surface area contributed by atoms with E-state index in [-0.39, 0.29) is 4.99 Å². The minimum Gasteiger partial charge on any atom is -0.388 e. The van der Waals surface area contributed by atoms with E-state index in [0.717, 1.165) is 23.5 Å². The Bertz CT molecular complexity index is 619. The lowest BCUT2D eigenvalue weighted by molar-refractivity contribution is 0.746. The summed E-state index contributed by atoms with van der Waals surface area (Å²) in [5.74, 6) is 0.477. The van der Waals surface area contributed by atoms with Gasteiger partial charge in [-0.05, 0) is 19.4 Å². The smallest absolute Gasteiger partial charge is 0.228 e. The molecule has 2 aromatic heterocycles. The van der Waals surface area contributed by atoms with Crippen molar-refractivity contribution in [3.63, 3.8) is 0 Å². The Morgan fingerprint density at radius 2 is 2.21 bits per heavy atom. The first-order valence-corrected chi connectivity index (χ1v) is 6.35. The first-order chi connectivity index (χ1) is 8.99. The molecule has 19 heavy (non-hydrogen) atoms. The molecule has 0 atom stereocenters. The van der Waals surface area contributed by atoms with Crippen LogP contribution in [0.25, 0.3) is 0 Å². The fourth-order valence-electron chi connectivity index (χ4n) is 1.77. The van der Waals surface area contributed by atoms with E-state index in [2.05, 4.69) is 20.4 Å². The number of hydrogen-bond acceptors (Lipinski definition) is 5. The van der Waals surface area contributed by atoms with Gasteiger partial charge in [-0.1, -0.05) is 19.1 Å². The van der Waals surface area contributed by atoms with E-state index >= 15 is 0 Å². The molecule has 2 heterocycles. The maximum absolute atomic E-state index is 5.60. The third-order valence-corrected chi connectivity index (χ3v) is 2.80. The fraction of sp³-hybridized carbons (Fsp3) is 0.333. The number of nitrogens with zero attached hydrogens (tertiary/aromatic N) is 4. The van der Waals surface area contributed by atoms with Gasteiger partial charge in [0, 0.05) is 18.9 Å². The van der Waals surface area contributed by atoms with Crippen molar-refractivity contribution in [3.05, 3.63) is 29.3 Å². The number of aromatic nitrogens is 4. The van der Waals surface area contributed by atoms with Crippen molar-refractivity contribution in [3.8, 4) is 0 Å². The van der Waals surface area contributed by atoms with Crippen LogP contribution in [0.4, 0.5) is 11.6 Å². The Labute approximate surface area is 117 Å². The summed E-state index contributed by atoms with van der Waals surface area (Å²) in [4.78, 5) is 8.87. The highest BCUT2D eigenvalue weighted by Gasteiger charge is 2.09. The average Bonchev–Trinajstić information content (AvgIpc) is 2.68. The van der Waals surface area contributed by atoms with E-state index in [0.29, 0.717) is 11.6 Å². The Morgan fingerprint density at radius 1 is 1.47 bits per heavy atom. The van der Waals surface area contributed by atoms with Crippen LogP contribution < -0.4 is 11.1 Å². The van der Waals surface area contributed by atoms with E-state index < -0.39 is 0 Å². The second kappa shape index (κ2) is 5.31. The van der Waals surface area contributed by atoms with Crippen LogP contribution in [0.1, 0.15) is 24.0 Å². The second-order valence-corrected chi connectivity index (χ2v) is 4.66. The standard InChI is InChI=1S/C12H16N6S/c1-4-8-10(6-18(3)17-8)16-12-14-7(2)5-9(15-12)11(13)19/h5-6H,4H2,1-3H3,(H2,13,19)(H,14,15,16). The molecule has 100 valence electrons. The molecule has 6 nitrogen and oxygen atoms in total. The van der Waals surface area contributed by atoms with Crippen LogP contribution in [0.2, 0.25) is 0 Å². The lowest BCUT2D eigenvalue weighted by Gasteiger charge is -2.06. The topological polar surface area (TPSA) is 81.7 Å². The Balaban J connectivity index is 2.35. The Kier molecular flexibility index (Phi) is 3.75. The minimum atomic E-state index is 0.260. The van der Waals surface area contributed by atoms with E-state index in [1.807, 2.05) is 27.1 Å². The van der Waals surface area contributed by atoms with Crippen molar-refractivity contribution < 1.29 is 0 Å². The Hall–Kier alpha value is -2.02. The molecule has 0 saturated carbocycles. The minimum absolute atomic E-state index is 0.260. The van der Waals surface area contributed by atoms with Crippen molar-refractivity contribution in [2.75, 3.05) is 5.32 Å². The van der Waals surface area contributed by atoms with Crippen LogP contribution in [0.5, 0.6) is 0 Å². The number of hydrogen-bond donors (Lipinski definition) is 2. The summed E-state index contributed by atoms with van der Waals surface area (Å²) >= 11 is 4.94. The van der Waals surface area contributed by atoms with Gasteiger partial charge in [-0.3, -0.25) is 4.68 Å². The van der Waals surface area contributed by atoms with Crippen molar-refractivity contribution in [1.82, 2.24) is 19.7 Å². The molecular weight excluding hydrogens is 260 g/mol. The van der Waals surface area contributed by atoms with Crippen LogP contribution >= 0.6 is 12.2 Å². The number of anilines is 2. The zero-order valence-electron chi connectivity index (χ0n) is 11.1. The number of thiocarbonyl (C=S) groups is 1. The number of nitrogens with two attached hydrogens (primary N) is 1. The molecule has 0 aromatic carbocycles. The van der Waals surface area contributed by atoms with Gasteiger partial charge in [0.15, 0.2) is 0 Å². The normalized spacial score (nSPS) is 10.5. The van der Waals surface area contributed by atoms with Crippen LogP contribution in [-0.4, -0.2) is 24.7 Å². The highest BCUT2D eigenvalue weighted by Crippen LogP contribution is 2.18. The van der Waals surface area contributed by atoms with Gasteiger partial charge in [0.25, 0.3) is 0 Å². The van der Waals surface area contributed by atoms with Crippen LogP contribution in [0.3, 0.4) is 0 Å². The summed E-state index contributed by atoms with van der Waals surface area (Å²) < 4.78 is 1.76. The van der Waals surface area contributed by atoms with E-state index in [4.69, 9.17) is 18.0 Å². The fourth-order valence-corrected chi connectivity index (χ4v) is 1.88. The summed E-state index contributed by atoms with van der Waals surface area (Å²) in [5, 5.41) is 7.51. The maximum Gasteiger partial charge on any atom is 0.228 e. The summed E-state index contributed by atoms with van der Waals surface area (Å²) in [6.45, 7) is 3.92. The van der Waals surface area contributed by atoms with Gasteiger partial charge in [-0.15, -0.1) is 0 Å². The summed E-state index contributed by atoms with van der Waals surface area (Å²) in [6, 6.07) is 1.76. The molecule has 0 aliphatic carbocycles. The molecule has 2 aromatic rings. The van der Waals surface area contributed by atoms with Gasteiger partial charge in [-0.25, -0.2) is 9.97 Å². The highest BCUT2D eigenvalue weighted by atomic mass is 32.1. The molecule has 0 spiro atoms. The maximum atomic E-state index is 5.60. The number of aryl methyl sites for hydroxylation is 3. The second-order valence-electron chi connectivity index (χ2n) is 4.22. The molecule has 0 amide bonds. The third kappa shape index (κ3) is 3.05. The molecule has 0 radical (unpaired) electrons. The molecule has 2 rings (SSSR count). The summed E-state index contributed by atoms with van der Waals surface area (Å²) in [5.41, 5.74) is 8.83. The van der Waals surface area contributed by atoms with Crippen molar-refractivity contribution in [2.45, 2.75) is 20.3 Å². The molecule has 0 aliphatic rings. The predicted molar refractivity (Wildman–Crippen MR) is 78.5 cm³/mol. The summed E-state index contributed by atoms with van der Waals surface area (Å²) in [7, 11) is 1.88. The quantitative estimate of drug-likeness (QED) is 0.823. The van der Waals surface area contributed by atoms with Crippen molar-refractivity contribution >= 4 is 28.8 Å². The van der Waals surface area contributed by atoms with Crippen LogP contribution in [0, 0.1) is 6.92 Å². The molecule has 0 bridgehead atoms. The number of rotatable bonds is 4. The van der Waals surface area contributed by atoms with Gasteiger partial charge in [0.1, 0.15) is 10.7 Å². The largest absolute Gasteiger partial charge is 0.388 e. The lowest BCUT2D eigenvalue weighted by atomic mass is 10.3. The Morgan fingerprint density at radius 3 is 2.84 bits per heavy atom. The van der Waals surface area contributed by atoms with Crippen molar-refractivity contribution in [1.29, 1.82) is 0 Å². The van der Waals surface area contributed by atoms with Crippen LogP contribution in [-0.2, 0) is 13.5 Å². The lowest BCUT2D eigenvalue weighted by Crippen LogP contribution is -2.14. The zero-order valence-corrected chi connectivity index (χ0v) is 12.0. The molecule has 0 fully saturated rings. The molecule has 0 unspecified atom stereocenters. The first-order valence-electron chi connectivity index (χ1n) is 5.94. The average molecular weight is 276 g/mol. The highest BCUT2D eigenvalue weighted by molar-refractivity contribution is 7.80. The monoisotopic (exact) mass is 276 g/mol. The third-order valence-electron chi connectivity index (χ3n) is 2.59. The first kappa shape index (κ1) is 13.4. The summed E-state index contributed by atoms with van der Waals surface area (Å²) in [6.07, 6.45) is 2.72. The van der Waals surface area contributed by atoms with Crippen molar-refractivity contribution in [2.24, 2.45) is 12.8 Å². The zero-order chi connectivity index (χ0) is 14.0. The molecule has 0 aliphatic heterocycles. The van der Waals surface area contributed by atoms with Gasteiger partial charge in [0.2, 0.25) is 5.95 Å². The molecular formula is C12H16N6S. The molecule has 0 saturated heterocycles. The number of nitrogens with one attached hydrogen (secondary N) is 1. The van der Waals surface area contributed by atoms with Gasteiger partial charge in [0.05, 0.1) is 11.4 Å². The SMILES string of the molecule is CCc1nn(C)cc1Nc1nc(C)cc(C(N)=S)n1. The van der Waals surface area contributed by atoms with Gasteiger partial charge in [-0.2, -0.15) is 5.10 Å². The van der Waals surface area contributed by atoms with Gasteiger partial charge < -0.3 is 11.1 Å².